The number of para-hydroxylation sites is 2. The molecule has 3 atom stereocenters. The van der Waals surface area contributed by atoms with Gasteiger partial charge in [0.25, 0.3) is 0 Å². The molecular weight excluding hydrogens is 308 g/mol. The van der Waals surface area contributed by atoms with Crippen LogP contribution >= 0.6 is 11.8 Å². The number of thioether (sulfide) groups is 1. The minimum absolute atomic E-state index is 0.190. The highest BCUT2D eigenvalue weighted by Crippen LogP contribution is 2.30. The molecule has 0 saturated carbocycles. The number of imidazole rings is 1. The van der Waals surface area contributed by atoms with Crippen molar-refractivity contribution in [2.75, 3.05) is 31.9 Å². The second-order valence-electron chi connectivity index (χ2n) is 6.57. The van der Waals surface area contributed by atoms with Gasteiger partial charge in [0.05, 0.1) is 22.0 Å². The Labute approximate surface area is 140 Å². The van der Waals surface area contributed by atoms with E-state index in [-0.39, 0.29) is 11.2 Å². The summed E-state index contributed by atoms with van der Waals surface area (Å²) in [6, 6.07) is 8.04. The van der Waals surface area contributed by atoms with Gasteiger partial charge < -0.3 is 15.2 Å². The highest BCUT2D eigenvalue weighted by atomic mass is 32.2. The van der Waals surface area contributed by atoms with Crippen LogP contribution in [-0.4, -0.2) is 52.7 Å². The van der Waals surface area contributed by atoms with E-state index in [2.05, 4.69) is 27.1 Å². The first-order valence-corrected chi connectivity index (χ1v) is 9.30. The summed E-state index contributed by atoms with van der Waals surface area (Å²) in [5.74, 6) is 3.08. The highest BCUT2D eigenvalue weighted by Gasteiger charge is 2.37. The van der Waals surface area contributed by atoms with Crippen LogP contribution in [0.4, 0.5) is 0 Å². The zero-order valence-electron chi connectivity index (χ0n) is 13.3. The van der Waals surface area contributed by atoms with Gasteiger partial charge in [-0.05, 0) is 30.9 Å². The highest BCUT2D eigenvalue weighted by molar-refractivity contribution is 8.00. The predicted octanol–water partition coefficient (Wildman–Crippen LogP) is 2.03. The van der Waals surface area contributed by atoms with Crippen molar-refractivity contribution in [2.24, 2.45) is 11.8 Å². The first-order chi connectivity index (χ1) is 11.2. The predicted molar refractivity (Wildman–Crippen MR) is 93.4 cm³/mol. The van der Waals surface area contributed by atoms with Gasteiger partial charge >= 0.3 is 0 Å². The molecule has 0 radical (unpaired) electrons. The van der Waals surface area contributed by atoms with Crippen LogP contribution in [0.1, 0.15) is 18.0 Å². The van der Waals surface area contributed by atoms with Crippen molar-refractivity contribution in [3.63, 3.8) is 0 Å². The Bertz CT molecular complexity index is 670. The monoisotopic (exact) mass is 330 g/mol. The second kappa shape index (κ2) is 6.17. The minimum atomic E-state index is 0.190. The van der Waals surface area contributed by atoms with Crippen molar-refractivity contribution in [2.45, 2.75) is 12.2 Å². The molecule has 2 N–H and O–H groups in total. The van der Waals surface area contributed by atoms with E-state index in [0.29, 0.717) is 17.6 Å². The third-order valence-corrected chi connectivity index (χ3v) is 6.13. The molecule has 2 aliphatic heterocycles. The lowest BCUT2D eigenvalue weighted by Crippen LogP contribution is -2.33. The first-order valence-electron chi connectivity index (χ1n) is 8.25. The van der Waals surface area contributed by atoms with Gasteiger partial charge in [-0.15, -0.1) is 11.8 Å². The van der Waals surface area contributed by atoms with Gasteiger partial charge in [-0.2, -0.15) is 0 Å². The lowest BCUT2D eigenvalue weighted by molar-refractivity contribution is -0.127. The number of carbonyl (C=O) groups excluding carboxylic acids is 1. The Balaban J connectivity index is 1.34. The molecule has 5 nitrogen and oxygen atoms in total. The standard InChI is InChI=1S/C17H22N4OS/c1-11(17-19-14-4-2-3-5-15(14)20-17)23-10-16(22)21-8-12-6-18-7-13(12)9-21/h2-5,11-13,18H,6-10H2,1H3,(H,19,20)/t11?,12-,13+. The summed E-state index contributed by atoms with van der Waals surface area (Å²) in [5, 5.41) is 3.60. The van der Waals surface area contributed by atoms with Crippen LogP contribution in [0.15, 0.2) is 24.3 Å². The van der Waals surface area contributed by atoms with Crippen LogP contribution < -0.4 is 5.32 Å². The van der Waals surface area contributed by atoms with E-state index in [9.17, 15) is 4.79 Å². The number of hydrogen-bond acceptors (Lipinski definition) is 4. The SMILES string of the molecule is CC(SCC(=O)N1C[C@H]2CNC[C@H]2C1)c1nc2ccccc2[nH]1. The Morgan fingerprint density at radius 2 is 2.09 bits per heavy atom. The van der Waals surface area contributed by atoms with Gasteiger partial charge in [-0.1, -0.05) is 12.1 Å². The van der Waals surface area contributed by atoms with Crippen LogP contribution in [0.25, 0.3) is 11.0 Å². The fourth-order valence-electron chi connectivity index (χ4n) is 3.59. The number of aromatic amines is 1. The molecule has 1 aromatic carbocycles. The molecule has 2 fully saturated rings. The lowest BCUT2D eigenvalue weighted by atomic mass is 10.0. The van der Waals surface area contributed by atoms with Crippen molar-refractivity contribution in [3.05, 3.63) is 30.1 Å². The molecule has 6 heteroatoms. The fourth-order valence-corrected chi connectivity index (χ4v) is 4.44. The van der Waals surface area contributed by atoms with E-state index in [0.717, 1.165) is 43.0 Å². The fraction of sp³-hybridized carbons (Fsp3) is 0.529. The van der Waals surface area contributed by atoms with Gasteiger partial charge in [-0.25, -0.2) is 4.98 Å². The molecule has 0 bridgehead atoms. The van der Waals surface area contributed by atoms with Gasteiger partial charge in [-0.3, -0.25) is 4.79 Å². The van der Waals surface area contributed by atoms with Crippen molar-refractivity contribution in [1.82, 2.24) is 20.2 Å². The van der Waals surface area contributed by atoms with Crippen LogP contribution in [0, 0.1) is 11.8 Å². The van der Waals surface area contributed by atoms with E-state index in [1.807, 2.05) is 24.3 Å². The Hall–Kier alpha value is -1.53. The van der Waals surface area contributed by atoms with Crippen molar-refractivity contribution in [3.8, 4) is 0 Å². The summed E-state index contributed by atoms with van der Waals surface area (Å²) in [4.78, 5) is 22.5. The molecule has 2 saturated heterocycles. The Kier molecular flexibility index (Phi) is 4.03. The van der Waals surface area contributed by atoms with E-state index in [1.54, 1.807) is 11.8 Å². The van der Waals surface area contributed by atoms with Crippen molar-refractivity contribution >= 4 is 28.7 Å². The molecule has 3 heterocycles. The molecule has 4 rings (SSSR count). The van der Waals surface area contributed by atoms with Crippen molar-refractivity contribution < 1.29 is 4.79 Å². The summed E-state index contributed by atoms with van der Waals surface area (Å²) in [5.41, 5.74) is 2.04. The number of likely N-dealkylation sites (tertiary alicyclic amines) is 1. The van der Waals surface area contributed by atoms with Gasteiger partial charge in [0.2, 0.25) is 5.91 Å². The third-order valence-electron chi connectivity index (χ3n) is 4.99. The van der Waals surface area contributed by atoms with Gasteiger partial charge in [0.1, 0.15) is 5.82 Å². The molecule has 1 aromatic heterocycles. The number of hydrogen-bond donors (Lipinski definition) is 2. The maximum Gasteiger partial charge on any atom is 0.232 e. The number of fused-ring (bicyclic) bond motifs is 2. The normalized spacial score (nSPS) is 25.0. The Morgan fingerprint density at radius 3 is 2.83 bits per heavy atom. The number of aromatic nitrogens is 2. The average Bonchev–Trinajstić information content (AvgIpc) is 3.24. The quantitative estimate of drug-likeness (QED) is 0.900. The smallest absolute Gasteiger partial charge is 0.232 e. The molecule has 2 aliphatic rings. The number of benzene rings is 1. The number of nitrogens with zero attached hydrogens (tertiary/aromatic N) is 2. The molecule has 0 aliphatic carbocycles. The zero-order chi connectivity index (χ0) is 15.8. The first kappa shape index (κ1) is 15.0. The molecule has 23 heavy (non-hydrogen) atoms. The van der Waals surface area contributed by atoms with Gasteiger partial charge in [0, 0.05) is 26.2 Å². The minimum Gasteiger partial charge on any atom is -0.341 e. The average molecular weight is 330 g/mol. The zero-order valence-corrected chi connectivity index (χ0v) is 14.1. The summed E-state index contributed by atoms with van der Waals surface area (Å²) < 4.78 is 0. The molecular formula is C17H22N4OS. The number of nitrogens with one attached hydrogen (secondary N) is 2. The lowest BCUT2D eigenvalue weighted by Gasteiger charge is -2.18. The van der Waals surface area contributed by atoms with Crippen molar-refractivity contribution in [1.29, 1.82) is 0 Å². The maximum absolute atomic E-state index is 12.4. The topological polar surface area (TPSA) is 61.0 Å². The van der Waals surface area contributed by atoms with E-state index >= 15 is 0 Å². The summed E-state index contributed by atoms with van der Waals surface area (Å²) in [7, 11) is 0. The Morgan fingerprint density at radius 1 is 1.35 bits per heavy atom. The largest absolute Gasteiger partial charge is 0.341 e. The van der Waals surface area contributed by atoms with E-state index < -0.39 is 0 Å². The van der Waals surface area contributed by atoms with Crippen LogP contribution in [-0.2, 0) is 4.79 Å². The maximum atomic E-state index is 12.4. The second-order valence-corrected chi connectivity index (χ2v) is 7.90. The number of rotatable bonds is 4. The number of amides is 1. The third kappa shape index (κ3) is 2.97. The van der Waals surface area contributed by atoms with Crippen LogP contribution in [0.2, 0.25) is 0 Å². The molecule has 1 unspecified atom stereocenters. The number of carbonyl (C=O) groups is 1. The summed E-state index contributed by atoms with van der Waals surface area (Å²) >= 11 is 1.67. The van der Waals surface area contributed by atoms with E-state index in [4.69, 9.17) is 0 Å². The molecule has 1 amide bonds. The van der Waals surface area contributed by atoms with Gasteiger partial charge in [0.15, 0.2) is 0 Å². The molecule has 122 valence electrons. The van der Waals surface area contributed by atoms with Crippen LogP contribution in [0.5, 0.6) is 0 Å². The summed E-state index contributed by atoms with van der Waals surface area (Å²) in [6.45, 7) is 6.10. The number of H-pyrrole nitrogens is 1. The van der Waals surface area contributed by atoms with Crippen LogP contribution in [0.3, 0.4) is 0 Å². The molecule has 0 spiro atoms. The van der Waals surface area contributed by atoms with E-state index in [1.165, 1.54) is 0 Å². The molecule has 2 aromatic rings. The summed E-state index contributed by atoms with van der Waals surface area (Å²) in [6.07, 6.45) is 0.